The smallest absolute Gasteiger partial charge is 0.0547 e. The average Bonchev–Trinajstić information content (AvgIpc) is 3.67. The Morgan fingerprint density at radius 2 is 1.07 bits per heavy atom. The number of rotatable bonds is 4. The fourth-order valence-electron chi connectivity index (χ4n) is 10.7. The SMILES string of the molecule is Cc1ccccc1-c1ccc2c(c1C1CCC1)-c1cc3c(cc1C2(C)C)c1ccccc1n3-c1ccc(-c2ccc3c4ccccc4c4ccccc4c3c2)cc1. The number of hydrogen-bond acceptors (Lipinski definition) is 0. The van der Waals surface area contributed by atoms with Crippen molar-refractivity contribution in [2.75, 3.05) is 0 Å². The lowest BCUT2D eigenvalue weighted by Crippen LogP contribution is -2.16. The molecule has 0 atom stereocenters. The molecule has 2 aliphatic rings. The van der Waals surface area contributed by atoms with Gasteiger partial charge >= 0.3 is 0 Å². The Labute approximate surface area is 333 Å². The average molecular weight is 730 g/mol. The lowest BCUT2D eigenvalue weighted by molar-refractivity contribution is 0.421. The van der Waals surface area contributed by atoms with E-state index in [4.69, 9.17) is 0 Å². The first-order valence-corrected chi connectivity index (χ1v) is 20.7. The molecule has 0 amide bonds. The van der Waals surface area contributed by atoms with Crippen LogP contribution in [-0.4, -0.2) is 4.57 Å². The van der Waals surface area contributed by atoms with Crippen molar-refractivity contribution in [2.45, 2.75) is 51.4 Å². The molecule has 1 nitrogen and oxygen atoms in total. The van der Waals surface area contributed by atoms with Gasteiger partial charge in [-0.1, -0.05) is 148 Å². The zero-order chi connectivity index (χ0) is 38.0. The summed E-state index contributed by atoms with van der Waals surface area (Å²) in [6.07, 6.45) is 3.85. The predicted octanol–water partition coefficient (Wildman–Crippen LogP) is 15.5. The largest absolute Gasteiger partial charge is 0.309 e. The summed E-state index contributed by atoms with van der Waals surface area (Å²) in [5.41, 5.74) is 17.6. The minimum Gasteiger partial charge on any atom is -0.309 e. The van der Waals surface area contributed by atoms with Gasteiger partial charge in [-0.2, -0.15) is 0 Å². The van der Waals surface area contributed by atoms with Crippen molar-refractivity contribution in [3.63, 3.8) is 0 Å². The van der Waals surface area contributed by atoms with Gasteiger partial charge in [-0.15, -0.1) is 0 Å². The van der Waals surface area contributed by atoms with E-state index in [0.29, 0.717) is 5.92 Å². The zero-order valence-corrected chi connectivity index (χ0v) is 32.7. The molecule has 1 heteroatoms. The highest BCUT2D eigenvalue weighted by molar-refractivity contribution is 6.25. The fourth-order valence-corrected chi connectivity index (χ4v) is 10.7. The second-order valence-corrected chi connectivity index (χ2v) is 17.2. The Hall–Kier alpha value is -6.44. The highest BCUT2D eigenvalue weighted by Crippen LogP contribution is 2.57. The van der Waals surface area contributed by atoms with E-state index in [9.17, 15) is 0 Å². The quantitative estimate of drug-likeness (QED) is 0.159. The molecule has 1 aromatic heterocycles. The summed E-state index contributed by atoms with van der Waals surface area (Å²) >= 11 is 0. The van der Waals surface area contributed by atoms with E-state index in [2.05, 4.69) is 189 Å². The van der Waals surface area contributed by atoms with E-state index in [1.54, 1.807) is 5.56 Å². The van der Waals surface area contributed by atoms with Crippen LogP contribution < -0.4 is 0 Å². The van der Waals surface area contributed by atoms with E-state index < -0.39 is 0 Å². The molecule has 10 aromatic rings. The van der Waals surface area contributed by atoms with E-state index in [1.165, 1.54) is 129 Å². The molecular formula is C56H43N. The van der Waals surface area contributed by atoms with E-state index in [0.717, 1.165) is 0 Å². The van der Waals surface area contributed by atoms with E-state index >= 15 is 0 Å². The van der Waals surface area contributed by atoms with Gasteiger partial charge in [0.2, 0.25) is 0 Å². The summed E-state index contributed by atoms with van der Waals surface area (Å²) in [6, 6.07) is 61.9. The van der Waals surface area contributed by atoms with Gasteiger partial charge in [0.25, 0.3) is 0 Å². The zero-order valence-electron chi connectivity index (χ0n) is 32.7. The van der Waals surface area contributed by atoms with Crippen molar-refractivity contribution in [1.29, 1.82) is 0 Å². The molecule has 9 aromatic carbocycles. The summed E-state index contributed by atoms with van der Waals surface area (Å²) in [7, 11) is 0. The van der Waals surface area contributed by atoms with Crippen LogP contribution in [0.5, 0.6) is 0 Å². The van der Waals surface area contributed by atoms with Crippen molar-refractivity contribution in [3.05, 3.63) is 186 Å². The molecule has 0 bridgehead atoms. The third-order valence-corrected chi connectivity index (χ3v) is 13.8. The molecule has 12 rings (SSSR count). The molecule has 2 aliphatic carbocycles. The van der Waals surface area contributed by atoms with Crippen molar-refractivity contribution in [1.82, 2.24) is 4.57 Å². The topological polar surface area (TPSA) is 4.93 Å². The first-order valence-electron chi connectivity index (χ1n) is 20.7. The molecular weight excluding hydrogens is 687 g/mol. The summed E-state index contributed by atoms with van der Waals surface area (Å²) in [5, 5.41) is 10.5. The van der Waals surface area contributed by atoms with Crippen LogP contribution in [0, 0.1) is 6.92 Å². The van der Waals surface area contributed by atoms with Crippen LogP contribution in [-0.2, 0) is 5.41 Å². The summed E-state index contributed by atoms with van der Waals surface area (Å²) in [6.45, 7) is 7.15. The maximum Gasteiger partial charge on any atom is 0.0547 e. The van der Waals surface area contributed by atoms with Crippen molar-refractivity contribution in [3.8, 4) is 39.1 Å². The third kappa shape index (κ3) is 4.63. The molecule has 1 saturated carbocycles. The maximum absolute atomic E-state index is 2.55. The number of aromatic nitrogens is 1. The summed E-state index contributed by atoms with van der Waals surface area (Å²) in [4.78, 5) is 0. The monoisotopic (exact) mass is 729 g/mol. The van der Waals surface area contributed by atoms with Gasteiger partial charge in [0.15, 0.2) is 0 Å². The predicted molar refractivity (Wildman–Crippen MR) is 243 cm³/mol. The highest BCUT2D eigenvalue weighted by atomic mass is 15.0. The highest BCUT2D eigenvalue weighted by Gasteiger charge is 2.40. The maximum atomic E-state index is 2.55. The number of para-hydroxylation sites is 1. The van der Waals surface area contributed by atoms with Crippen molar-refractivity contribution < 1.29 is 0 Å². The van der Waals surface area contributed by atoms with E-state index in [-0.39, 0.29) is 5.41 Å². The number of fused-ring (bicyclic) bond motifs is 12. The van der Waals surface area contributed by atoms with Gasteiger partial charge in [-0.25, -0.2) is 0 Å². The van der Waals surface area contributed by atoms with Gasteiger partial charge in [-0.3, -0.25) is 0 Å². The van der Waals surface area contributed by atoms with Crippen molar-refractivity contribution >= 4 is 54.1 Å². The Balaban J connectivity index is 1.04. The molecule has 57 heavy (non-hydrogen) atoms. The number of benzene rings is 9. The van der Waals surface area contributed by atoms with Crippen LogP contribution >= 0.6 is 0 Å². The molecule has 0 aliphatic heterocycles. The molecule has 1 heterocycles. The molecule has 0 spiro atoms. The first-order chi connectivity index (χ1) is 28.0. The normalized spacial score (nSPS) is 14.8. The van der Waals surface area contributed by atoms with Crippen LogP contribution in [0.25, 0.3) is 93.2 Å². The standard InChI is InChI=1S/C56H43N/c1-34-13-4-5-16-39(34)46-29-30-50-55(54(46)36-14-12-15-36)49-33-53-48(32-51(49)56(50,2)3)45-21-10-11-22-52(45)57(53)38-26-23-35(24-27-38)37-25-28-44-42-19-7-6-17-40(42)41-18-8-9-20-43(41)47(44)31-37/h4-11,13,16-33,36H,12,14-15H2,1-3H3. The minimum absolute atomic E-state index is 0.0933. The number of aryl methyl sites for hydroxylation is 1. The lowest BCUT2D eigenvalue weighted by atomic mass is 9.72. The molecule has 0 saturated heterocycles. The minimum atomic E-state index is -0.0933. The van der Waals surface area contributed by atoms with Gasteiger partial charge in [0, 0.05) is 21.9 Å². The Bertz CT molecular complexity index is 3260. The van der Waals surface area contributed by atoms with E-state index in [1.807, 2.05) is 0 Å². The molecule has 0 radical (unpaired) electrons. The molecule has 272 valence electrons. The van der Waals surface area contributed by atoms with Crippen LogP contribution in [0.2, 0.25) is 0 Å². The summed E-state index contributed by atoms with van der Waals surface area (Å²) < 4.78 is 2.51. The van der Waals surface area contributed by atoms with Gasteiger partial charge in [0.1, 0.15) is 0 Å². The Morgan fingerprint density at radius 3 is 1.75 bits per heavy atom. The molecule has 0 unspecified atom stereocenters. The Morgan fingerprint density at radius 1 is 0.456 bits per heavy atom. The molecule has 0 N–H and O–H groups in total. The third-order valence-electron chi connectivity index (χ3n) is 13.8. The lowest BCUT2D eigenvalue weighted by Gasteiger charge is -2.32. The second kappa shape index (κ2) is 12.0. The fraction of sp³-hybridized carbons (Fsp3) is 0.143. The second-order valence-electron chi connectivity index (χ2n) is 17.2. The van der Waals surface area contributed by atoms with Gasteiger partial charge in [-0.05, 0) is 150 Å². The van der Waals surface area contributed by atoms with Crippen LogP contribution in [0.1, 0.15) is 61.3 Å². The van der Waals surface area contributed by atoms with Crippen LogP contribution in [0.4, 0.5) is 0 Å². The number of hydrogen-bond donors (Lipinski definition) is 0. The van der Waals surface area contributed by atoms with Crippen LogP contribution in [0.15, 0.2) is 164 Å². The van der Waals surface area contributed by atoms with Crippen molar-refractivity contribution in [2.24, 2.45) is 0 Å². The van der Waals surface area contributed by atoms with Gasteiger partial charge in [0.05, 0.1) is 11.0 Å². The first kappa shape index (κ1) is 32.8. The molecule has 1 fully saturated rings. The Kier molecular flexibility index (Phi) is 6.92. The summed E-state index contributed by atoms with van der Waals surface area (Å²) in [5.74, 6) is 0.595. The van der Waals surface area contributed by atoms with Crippen LogP contribution in [0.3, 0.4) is 0 Å². The van der Waals surface area contributed by atoms with Gasteiger partial charge < -0.3 is 4.57 Å². The number of nitrogens with zero attached hydrogens (tertiary/aromatic N) is 1.